The average Bonchev–Trinajstić information content (AvgIpc) is 2.76. The lowest BCUT2D eigenvalue weighted by Gasteiger charge is -2.15. The number of allylic oxidation sites excluding steroid dienone is 1. The molecular formula is C14H15ClN2O2S. The molecule has 0 aliphatic heterocycles. The zero-order chi connectivity index (χ0) is 14.7. The maximum absolute atomic E-state index is 10.8. The van der Waals surface area contributed by atoms with Gasteiger partial charge in [0, 0.05) is 6.04 Å². The Kier molecular flexibility index (Phi) is 4.73. The van der Waals surface area contributed by atoms with Crippen molar-refractivity contribution in [3.05, 3.63) is 35.9 Å². The van der Waals surface area contributed by atoms with Crippen LogP contribution in [0.15, 0.2) is 36.0 Å². The van der Waals surface area contributed by atoms with Gasteiger partial charge in [0.25, 0.3) is 0 Å². The van der Waals surface area contributed by atoms with Crippen LogP contribution in [0.3, 0.4) is 0 Å². The van der Waals surface area contributed by atoms with Crippen molar-refractivity contribution >= 4 is 40.4 Å². The van der Waals surface area contributed by atoms with Crippen molar-refractivity contribution in [3.8, 4) is 0 Å². The number of imidazole rings is 1. The summed E-state index contributed by atoms with van der Waals surface area (Å²) in [6.07, 6.45) is 2.62. The molecule has 1 aromatic carbocycles. The highest BCUT2D eigenvalue weighted by Crippen LogP contribution is 2.32. The van der Waals surface area contributed by atoms with Crippen molar-refractivity contribution in [1.29, 1.82) is 0 Å². The van der Waals surface area contributed by atoms with Crippen LogP contribution in [-0.2, 0) is 4.79 Å². The number of rotatable bonds is 6. The van der Waals surface area contributed by atoms with Crippen molar-refractivity contribution in [2.24, 2.45) is 0 Å². The summed E-state index contributed by atoms with van der Waals surface area (Å²) in [5, 5.41) is 10.1. The molecule has 4 nitrogen and oxygen atoms in total. The van der Waals surface area contributed by atoms with E-state index in [1.807, 2.05) is 22.8 Å². The number of hydrogen-bond acceptors (Lipinski definition) is 3. The number of hydrogen-bond donors (Lipinski definition) is 1. The van der Waals surface area contributed by atoms with E-state index in [1.165, 1.54) is 11.8 Å². The van der Waals surface area contributed by atoms with Gasteiger partial charge in [-0.25, -0.2) is 4.98 Å². The zero-order valence-electron chi connectivity index (χ0n) is 11.0. The van der Waals surface area contributed by atoms with Gasteiger partial charge in [-0.1, -0.05) is 35.5 Å². The fourth-order valence-corrected chi connectivity index (χ4v) is 3.10. The predicted molar refractivity (Wildman–Crippen MR) is 82.6 cm³/mol. The van der Waals surface area contributed by atoms with Gasteiger partial charge in [-0.3, -0.25) is 4.79 Å². The number of carboxylic acids is 1. The lowest BCUT2D eigenvalue weighted by atomic mass is 10.2. The molecule has 0 aliphatic rings. The van der Waals surface area contributed by atoms with Crippen LogP contribution in [0, 0.1) is 0 Å². The molecule has 0 bridgehead atoms. The summed E-state index contributed by atoms with van der Waals surface area (Å²) >= 11 is 7.37. The summed E-state index contributed by atoms with van der Waals surface area (Å²) < 4.78 is 2.02. The molecule has 0 amide bonds. The average molecular weight is 311 g/mol. The molecule has 0 aliphatic carbocycles. The number of nitrogens with zero attached hydrogens (tertiary/aromatic N) is 2. The molecule has 2 aromatic rings. The van der Waals surface area contributed by atoms with Gasteiger partial charge >= 0.3 is 5.97 Å². The summed E-state index contributed by atoms with van der Waals surface area (Å²) in [6, 6.07) is 5.74. The van der Waals surface area contributed by atoms with E-state index in [1.54, 1.807) is 6.07 Å². The van der Waals surface area contributed by atoms with Crippen LogP contribution < -0.4 is 0 Å². The third-order valence-electron chi connectivity index (χ3n) is 2.91. The smallest absolute Gasteiger partial charge is 0.313 e. The zero-order valence-corrected chi connectivity index (χ0v) is 12.6. The second-order valence-corrected chi connectivity index (χ2v) is 5.78. The Labute approximate surface area is 126 Å². The predicted octanol–water partition coefficient (Wildman–Crippen LogP) is 4.00. The number of carboxylic acid groups (broad SMARTS) is 1. The SMILES string of the molecule is C=CCC(C)n1c(SCC(=O)O)nc2c(Cl)cccc21. The molecule has 20 heavy (non-hydrogen) atoms. The van der Waals surface area contributed by atoms with Crippen LogP contribution >= 0.6 is 23.4 Å². The van der Waals surface area contributed by atoms with Crippen molar-refractivity contribution in [2.75, 3.05) is 5.75 Å². The van der Waals surface area contributed by atoms with Crippen LogP contribution in [0.1, 0.15) is 19.4 Å². The van der Waals surface area contributed by atoms with Gasteiger partial charge in [-0.05, 0) is 25.5 Å². The first kappa shape index (κ1) is 14.9. The number of benzene rings is 1. The fourth-order valence-electron chi connectivity index (χ4n) is 2.06. The van der Waals surface area contributed by atoms with Crippen molar-refractivity contribution in [2.45, 2.75) is 24.5 Å². The topological polar surface area (TPSA) is 55.1 Å². The van der Waals surface area contributed by atoms with Crippen molar-refractivity contribution in [1.82, 2.24) is 9.55 Å². The van der Waals surface area contributed by atoms with Crippen LogP contribution in [0.2, 0.25) is 5.02 Å². The molecular weight excluding hydrogens is 296 g/mol. The minimum atomic E-state index is -0.865. The molecule has 0 radical (unpaired) electrons. The molecule has 0 spiro atoms. The Morgan fingerprint density at radius 1 is 1.65 bits per heavy atom. The number of fused-ring (bicyclic) bond motifs is 1. The monoisotopic (exact) mass is 310 g/mol. The normalized spacial score (nSPS) is 12.5. The molecule has 0 saturated heterocycles. The number of aliphatic carboxylic acids is 1. The third-order valence-corrected chi connectivity index (χ3v) is 4.15. The Morgan fingerprint density at radius 2 is 2.40 bits per heavy atom. The quantitative estimate of drug-likeness (QED) is 0.647. The second kappa shape index (κ2) is 6.33. The first-order valence-electron chi connectivity index (χ1n) is 6.16. The Bertz CT molecular complexity index is 654. The molecule has 2 rings (SSSR count). The van der Waals surface area contributed by atoms with Gasteiger partial charge in [0.2, 0.25) is 0 Å². The van der Waals surface area contributed by atoms with Crippen molar-refractivity contribution in [3.63, 3.8) is 0 Å². The highest BCUT2D eigenvalue weighted by molar-refractivity contribution is 7.99. The molecule has 1 N–H and O–H groups in total. The van der Waals surface area contributed by atoms with Gasteiger partial charge in [0.1, 0.15) is 5.52 Å². The lowest BCUT2D eigenvalue weighted by molar-refractivity contribution is -0.133. The number of carbonyl (C=O) groups is 1. The van der Waals surface area contributed by atoms with E-state index in [0.29, 0.717) is 15.7 Å². The second-order valence-electron chi connectivity index (χ2n) is 4.43. The highest BCUT2D eigenvalue weighted by atomic mass is 35.5. The summed E-state index contributed by atoms with van der Waals surface area (Å²) in [7, 11) is 0. The van der Waals surface area contributed by atoms with Gasteiger partial charge in [-0.15, -0.1) is 6.58 Å². The Hall–Kier alpha value is -1.46. The number of halogens is 1. The van der Waals surface area contributed by atoms with E-state index in [-0.39, 0.29) is 11.8 Å². The lowest BCUT2D eigenvalue weighted by Crippen LogP contribution is -2.07. The molecule has 1 heterocycles. The summed E-state index contributed by atoms with van der Waals surface area (Å²) in [5.41, 5.74) is 1.62. The molecule has 1 atom stereocenters. The van der Waals surface area contributed by atoms with Gasteiger partial charge in [-0.2, -0.15) is 0 Å². The number of thioether (sulfide) groups is 1. The third kappa shape index (κ3) is 2.99. The van der Waals surface area contributed by atoms with Crippen LogP contribution in [0.5, 0.6) is 0 Å². The molecule has 0 saturated carbocycles. The minimum Gasteiger partial charge on any atom is -0.481 e. The maximum atomic E-state index is 10.8. The first-order chi connectivity index (χ1) is 9.54. The fraction of sp³-hybridized carbons (Fsp3) is 0.286. The Morgan fingerprint density at radius 3 is 3.05 bits per heavy atom. The molecule has 1 unspecified atom stereocenters. The number of aromatic nitrogens is 2. The van der Waals surface area contributed by atoms with E-state index in [0.717, 1.165) is 11.9 Å². The van der Waals surface area contributed by atoms with Crippen LogP contribution in [0.25, 0.3) is 11.0 Å². The van der Waals surface area contributed by atoms with Crippen LogP contribution in [-0.4, -0.2) is 26.4 Å². The standard InChI is InChI=1S/C14H15ClN2O2S/c1-3-5-9(2)17-11-7-4-6-10(15)13(11)16-14(17)20-8-12(18)19/h3-4,6-7,9H,1,5,8H2,2H3,(H,18,19). The Balaban J connectivity index is 2.53. The summed E-state index contributed by atoms with van der Waals surface area (Å²) in [5.74, 6) is -0.891. The summed E-state index contributed by atoms with van der Waals surface area (Å²) in [4.78, 5) is 15.2. The molecule has 6 heteroatoms. The maximum Gasteiger partial charge on any atom is 0.313 e. The van der Waals surface area contributed by atoms with E-state index < -0.39 is 5.97 Å². The number of para-hydroxylation sites is 1. The highest BCUT2D eigenvalue weighted by Gasteiger charge is 2.17. The van der Waals surface area contributed by atoms with E-state index >= 15 is 0 Å². The van der Waals surface area contributed by atoms with E-state index in [9.17, 15) is 4.79 Å². The van der Waals surface area contributed by atoms with Gasteiger partial charge < -0.3 is 9.67 Å². The molecule has 1 aromatic heterocycles. The largest absolute Gasteiger partial charge is 0.481 e. The van der Waals surface area contributed by atoms with Crippen molar-refractivity contribution < 1.29 is 9.90 Å². The van der Waals surface area contributed by atoms with E-state index in [2.05, 4.69) is 18.5 Å². The summed E-state index contributed by atoms with van der Waals surface area (Å²) in [6.45, 7) is 5.80. The van der Waals surface area contributed by atoms with Gasteiger partial charge in [0.05, 0.1) is 16.3 Å². The molecule has 0 fully saturated rings. The molecule has 106 valence electrons. The van der Waals surface area contributed by atoms with Crippen LogP contribution in [0.4, 0.5) is 0 Å². The first-order valence-corrected chi connectivity index (χ1v) is 7.53. The minimum absolute atomic E-state index is 0.0260. The van der Waals surface area contributed by atoms with E-state index in [4.69, 9.17) is 16.7 Å². The van der Waals surface area contributed by atoms with Gasteiger partial charge in [0.15, 0.2) is 5.16 Å².